The average Bonchev–Trinajstić information content (AvgIpc) is 2.28. The second-order valence-electron chi connectivity index (χ2n) is 5.23. The highest BCUT2D eigenvalue weighted by Gasteiger charge is 2.29. The van der Waals surface area contributed by atoms with Crippen LogP contribution in [0.4, 0.5) is 0 Å². The number of aryl methyl sites for hydroxylation is 1. The largest absolute Gasteiger partial charge is 0.330 e. The van der Waals surface area contributed by atoms with Gasteiger partial charge in [-0.3, -0.25) is 0 Å². The Hall–Kier alpha value is -0.860. The van der Waals surface area contributed by atoms with E-state index in [1.54, 1.807) is 0 Å². The second kappa shape index (κ2) is 6.18. The zero-order valence-corrected chi connectivity index (χ0v) is 10.8. The number of unbranched alkanes of at least 4 members (excludes halogenated alkanes) is 1. The van der Waals surface area contributed by atoms with E-state index >= 15 is 0 Å². The number of hydrogen-bond acceptors (Lipinski definition) is 2. The van der Waals surface area contributed by atoms with Gasteiger partial charge in [0.25, 0.3) is 0 Å². The van der Waals surface area contributed by atoms with Gasteiger partial charge in [-0.25, -0.2) is 0 Å². The summed E-state index contributed by atoms with van der Waals surface area (Å²) in [6.07, 6.45) is 4.95. The van der Waals surface area contributed by atoms with Gasteiger partial charge < -0.3 is 11.1 Å². The smallest absolute Gasteiger partial charge is 0.00787 e. The Balaban J connectivity index is 1.66. The predicted molar refractivity (Wildman–Crippen MR) is 73.2 cm³/mol. The molecule has 3 N–H and O–H groups in total. The number of nitrogens with two attached hydrogens (primary N) is 1. The van der Waals surface area contributed by atoms with E-state index in [1.165, 1.54) is 30.4 Å². The third kappa shape index (κ3) is 3.55. The van der Waals surface area contributed by atoms with Crippen molar-refractivity contribution in [3.05, 3.63) is 35.4 Å². The molecule has 1 saturated carbocycles. The van der Waals surface area contributed by atoms with Crippen LogP contribution in [-0.2, 0) is 0 Å². The molecular weight excluding hydrogens is 208 g/mol. The zero-order valence-electron chi connectivity index (χ0n) is 10.8. The number of nitrogens with one attached hydrogen (secondary N) is 1. The molecule has 2 heteroatoms. The third-order valence-electron chi connectivity index (χ3n) is 3.75. The highest BCUT2D eigenvalue weighted by molar-refractivity contribution is 5.26. The fourth-order valence-corrected chi connectivity index (χ4v) is 2.47. The lowest BCUT2D eigenvalue weighted by atomic mass is 9.76. The van der Waals surface area contributed by atoms with Crippen molar-refractivity contribution < 1.29 is 0 Å². The van der Waals surface area contributed by atoms with Gasteiger partial charge in [0.15, 0.2) is 0 Å². The van der Waals surface area contributed by atoms with E-state index in [2.05, 4.69) is 36.5 Å². The van der Waals surface area contributed by atoms with Gasteiger partial charge in [-0.1, -0.05) is 29.8 Å². The quantitative estimate of drug-likeness (QED) is 0.740. The van der Waals surface area contributed by atoms with E-state index in [-0.39, 0.29) is 0 Å². The third-order valence-corrected chi connectivity index (χ3v) is 3.75. The van der Waals surface area contributed by atoms with Crippen LogP contribution in [0.3, 0.4) is 0 Å². The van der Waals surface area contributed by atoms with Gasteiger partial charge in [-0.05, 0) is 57.2 Å². The SMILES string of the molecule is Cc1ccc(C2CC(NCCCCN)C2)cc1. The Labute approximate surface area is 105 Å². The van der Waals surface area contributed by atoms with Gasteiger partial charge in [0.05, 0.1) is 0 Å². The van der Waals surface area contributed by atoms with Gasteiger partial charge in [-0.15, -0.1) is 0 Å². The summed E-state index contributed by atoms with van der Waals surface area (Å²) in [4.78, 5) is 0. The number of rotatable bonds is 6. The standard InChI is InChI=1S/C15H24N2/c1-12-4-6-13(7-5-12)14-10-15(11-14)17-9-3-2-8-16/h4-7,14-15,17H,2-3,8-11,16H2,1H3. The van der Waals surface area contributed by atoms with Crippen molar-refractivity contribution in [2.45, 2.75) is 44.6 Å². The highest BCUT2D eigenvalue weighted by Crippen LogP contribution is 2.36. The van der Waals surface area contributed by atoms with Crippen molar-refractivity contribution in [1.29, 1.82) is 0 Å². The molecule has 17 heavy (non-hydrogen) atoms. The van der Waals surface area contributed by atoms with Crippen LogP contribution in [0.1, 0.15) is 42.7 Å². The Morgan fingerprint density at radius 1 is 1.18 bits per heavy atom. The maximum atomic E-state index is 5.47. The van der Waals surface area contributed by atoms with Crippen LogP contribution >= 0.6 is 0 Å². The van der Waals surface area contributed by atoms with Gasteiger partial charge >= 0.3 is 0 Å². The van der Waals surface area contributed by atoms with Crippen LogP contribution in [0.2, 0.25) is 0 Å². The van der Waals surface area contributed by atoms with Crippen molar-refractivity contribution in [1.82, 2.24) is 5.32 Å². The van der Waals surface area contributed by atoms with Crippen LogP contribution < -0.4 is 11.1 Å². The topological polar surface area (TPSA) is 38.0 Å². The summed E-state index contributed by atoms with van der Waals surface area (Å²) in [5.41, 5.74) is 8.34. The monoisotopic (exact) mass is 232 g/mol. The molecule has 0 aliphatic heterocycles. The minimum Gasteiger partial charge on any atom is -0.330 e. The van der Waals surface area contributed by atoms with Crippen molar-refractivity contribution in [3.8, 4) is 0 Å². The summed E-state index contributed by atoms with van der Waals surface area (Å²) in [5, 5.41) is 3.61. The minimum absolute atomic E-state index is 0.735. The first-order valence-electron chi connectivity index (χ1n) is 6.79. The average molecular weight is 232 g/mol. The van der Waals surface area contributed by atoms with Gasteiger partial charge in [0.2, 0.25) is 0 Å². The molecule has 1 aromatic rings. The van der Waals surface area contributed by atoms with Gasteiger partial charge in [0.1, 0.15) is 0 Å². The molecule has 0 unspecified atom stereocenters. The van der Waals surface area contributed by atoms with E-state index in [1.807, 2.05) is 0 Å². The summed E-state index contributed by atoms with van der Waals surface area (Å²) in [6, 6.07) is 9.74. The molecule has 0 aromatic heterocycles. The molecule has 0 saturated heterocycles. The molecule has 0 bridgehead atoms. The molecule has 1 fully saturated rings. The van der Waals surface area contributed by atoms with Crippen molar-refractivity contribution in [3.63, 3.8) is 0 Å². The molecule has 0 spiro atoms. The second-order valence-corrected chi connectivity index (χ2v) is 5.23. The van der Waals surface area contributed by atoms with Gasteiger partial charge in [-0.2, -0.15) is 0 Å². The highest BCUT2D eigenvalue weighted by atomic mass is 14.9. The Morgan fingerprint density at radius 2 is 1.88 bits per heavy atom. The summed E-state index contributed by atoms with van der Waals surface area (Å²) >= 11 is 0. The molecule has 94 valence electrons. The minimum atomic E-state index is 0.735. The summed E-state index contributed by atoms with van der Waals surface area (Å²) in [5.74, 6) is 0.780. The molecule has 0 heterocycles. The molecule has 1 aliphatic rings. The molecule has 2 nitrogen and oxygen atoms in total. The van der Waals surface area contributed by atoms with Crippen LogP contribution in [-0.4, -0.2) is 19.1 Å². The predicted octanol–water partition coefficient (Wildman–Crippen LogP) is 2.57. The fraction of sp³-hybridized carbons (Fsp3) is 0.600. The maximum Gasteiger partial charge on any atom is 0.00787 e. The number of benzene rings is 1. The fourth-order valence-electron chi connectivity index (χ4n) is 2.47. The van der Waals surface area contributed by atoms with E-state index in [4.69, 9.17) is 5.73 Å². The van der Waals surface area contributed by atoms with Crippen LogP contribution in [0.15, 0.2) is 24.3 Å². The van der Waals surface area contributed by atoms with Crippen molar-refractivity contribution >= 4 is 0 Å². The number of hydrogen-bond donors (Lipinski definition) is 2. The molecule has 1 aliphatic carbocycles. The molecule has 2 rings (SSSR count). The summed E-state index contributed by atoms with van der Waals surface area (Å²) < 4.78 is 0. The van der Waals surface area contributed by atoms with Crippen LogP contribution in [0.25, 0.3) is 0 Å². The molecule has 1 aromatic carbocycles. The Morgan fingerprint density at radius 3 is 2.53 bits per heavy atom. The molecule has 0 amide bonds. The van der Waals surface area contributed by atoms with Gasteiger partial charge in [0, 0.05) is 6.04 Å². The molecule has 0 radical (unpaired) electrons. The lowest BCUT2D eigenvalue weighted by molar-refractivity contribution is 0.290. The normalized spacial score (nSPS) is 23.4. The van der Waals surface area contributed by atoms with E-state index in [9.17, 15) is 0 Å². The molecule has 0 atom stereocenters. The van der Waals surface area contributed by atoms with Crippen molar-refractivity contribution in [2.75, 3.05) is 13.1 Å². The summed E-state index contributed by atoms with van der Waals surface area (Å²) in [7, 11) is 0. The first kappa shape index (κ1) is 12.6. The lowest BCUT2D eigenvalue weighted by Crippen LogP contribution is -2.40. The summed E-state index contributed by atoms with van der Waals surface area (Å²) in [6.45, 7) is 4.09. The maximum absolute atomic E-state index is 5.47. The first-order valence-corrected chi connectivity index (χ1v) is 6.79. The van der Waals surface area contributed by atoms with Crippen molar-refractivity contribution in [2.24, 2.45) is 5.73 Å². The van der Waals surface area contributed by atoms with Crippen LogP contribution in [0, 0.1) is 6.92 Å². The van der Waals surface area contributed by atoms with E-state index in [0.29, 0.717) is 0 Å². The molecular formula is C15H24N2. The van der Waals surface area contributed by atoms with Crippen LogP contribution in [0.5, 0.6) is 0 Å². The van der Waals surface area contributed by atoms with E-state index in [0.717, 1.165) is 31.5 Å². The Kier molecular flexibility index (Phi) is 4.57. The zero-order chi connectivity index (χ0) is 12.1. The lowest BCUT2D eigenvalue weighted by Gasteiger charge is -2.36. The Bertz CT molecular complexity index is 325. The van der Waals surface area contributed by atoms with E-state index < -0.39 is 0 Å². The first-order chi connectivity index (χ1) is 8.29.